The van der Waals surface area contributed by atoms with Crippen molar-refractivity contribution in [3.8, 4) is 0 Å². The van der Waals surface area contributed by atoms with Gasteiger partial charge in [-0.15, -0.1) is 0 Å². The summed E-state index contributed by atoms with van der Waals surface area (Å²) in [6, 6.07) is 0. The van der Waals surface area contributed by atoms with Gasteiger partial charge in [0.1, 0.15) is 5.76 Å². The Morgan fingerprint density at radius 3 is 2.50 bits per heavy atom. The Kier molecular flexibility index (Phi) is 2.13. The van der Waals surface area contributed by atoms with Gasteiger partial charge < -0.3 is 5.11 Å². The Morgan fingerprint density at radius 1 is 2.00 bits per heavy atom. The highest BCUT2D eigenvalue weighted by Crippen LogP contribution is 1.77. The van der Waals surface area contributed by atoms with Crippen molar-refractivity contribution in [3.63, 3.8) is 0 Å². The van der Waals surface area contributed by atoms with E-state index in [1.807, 2.05) is 0 Å². The average Bonchev–Trinajstić information content (AvgIpc) is 1.35. The van der Waals surface area contributed by atoms with Crippen LogP contribution in [0.15, 0.2) is 17.3 Å². The lowest BCUT2D eigenvalue weighted by molar-refractivity contribution is 0.407. The summed E-state index contributed by atoms with van der Waals surface area (Å²) in [7, 11) is 0. The molecule has 0 aliphatic carbocycles. The number of aliphatic hydroxyl groups is 1. The lowest BCUT2D eigenvalue weighted by atomic mass is 10.6. The minimum Gasteiger partial charge on any atom is -0.511 e. The molecule has 0 aromatic rings. The number of aliphatic imine (C=N–C) groups is 1. The molecule has 0 aliphatic heterocycles. The van der Waals surface area contributed by atoms with Crippen molar-refractivity contribution in [3.05, 3.63) is 12.3 Å². The molecule has 0 amide bonds. The van der Waals surface area contributed by atoms with Crippen LogP contribution in [0.4, 0.5) is 0 Å². The quantitative estimate of drug-likeness (QED) is 0.386. The van der Waals surface area contributed by atoms with Gasteiger partial charge in [0.05, 0.1) is 6.54 Å². The molecule has 0 aromatic carbocycles. The van der Waals surface area contributed by atoms with Crippen LogP contribution in [0.2, 0.25) is 0 Å². The molecule has 1 radical (unpaired) electrons. The zero-order valence-electron chi connectivity index (χ0n) is 3.39. The van der Waals surface area contributed by atoms with Crippen molar-refractivity contribution in [2.75, 3.05) is 6.54 Å². The topological polar surface area (TPSA) is 32.6 Å². The van der Waals surface area contributed by atoms with Crippen LogP contribution in [0.3, 0.4) is 0 Å². The van der Waals surface area contributed by atoms with Gasteiger partial charge >= 0.3 is 0 Å². The molecule has 2 heteroatoms. The Labute approximate surface area is 36.8 Å². The molecule has 0 bridgehead atoms. The summed E-state index contributed by atoms with van der Waals surface area (Å²) in [5.41, 5.74) is 0. The van der Waals surface area contributed by atoms with Gasteiger partial charge in [0.25, 0.3) is 0 Å². The molecule has 0 heterocycles. The summed E-state index contributed by atoms with van der Waals surface area (Å²) >= 11 is 0. The predicted octanol–water partition coefficient (Wildman–Crippen LogP) is 0.636. The molecule has 0 aromatic heterocycles. The number of hydrogen-bond donors (Lipinski definition) is 1. The Bertz CT molecular complexity index is 67.9. The maximum absolute atomic E-state index is 8.18. The maximum atomic E-state index is 8.18. The molecular weight excluding hydrogens is 78.0 g/mol. The normalized spacial score (nSPS) is 7.33. The highest BCUT2D eigenvalue weighted by atomic mass is 16.3. The van der Waals surface area contributed by atoms with Crippen molar-refractivity contribution in [1.29, 1.82) is 0 Å². The third kappa shape index (κ3) is 3.21. The summed E-state index contributed by atoms with van der Waals surface area (Å²) in [6.07, 6.45) is 0. The number of aliphatic hydroxyl groups excluding tert-OH is 1. The first-order valence-electron chi connectivity index (χ1n) is 1.51. The maximum Gasteiger partial charge on any atom is 0.106 e. The second-order valence-corrected chi connectivity index (χ2v) is 0.907. The Hall–Kier alpha value is -0.790. The monoisotopic (exact) mass is 84.0 g/mol. The van der Waals surface area contributed by atoms with Crippen molar-refractivity contribution in [1.82, 2.24) is 0 Å². The standard InChI is InChI=1S/C4H6NO/c1-4(6)3-5-2/h2,6H,1,3H2. The van der Waals surface area contributed by atoms with Crippen LogP contribution >= 0.6 is 0 Å². The highest BCUT2D eigenvalue weighted by Gasteiger charge is 1.75. The van der Waals surface area contributed by atoms with Crippen molar-refractivity contribution in [2.24, 2.45) is 4.99 Å². The van der Waals surface area contributed by atoms with E-state index < -0.39 is 0 Å². The van der Waals surface area contributed by atoms with Gasteiger partial charge in [0.15, 0.2) is 0 Å². The third-order valence-electron chi connectivity index (χ3n) is 0.274. The van der Waals surface area contributed by atoms with Crippen LogP contribution in [0.1, 0.15) is 0 Å². The fourth-order valence-corrected chi connectivity index (χ4v) is 0.105. The van der Waals surface area contributed by atoms with E-state index in [0.29, 0.717) is 0 Å². The Morgan fingerprint density at radius 2 is 2.50 bits per heavy atom. The molecule has 33 valence electrons. The molecule has 2 nitrogen and oxygen atoms in total. The van der Waals surface area contributed by atoms with Gasteiger partial charge in [-0.3, -0.25) is 4.99 Å². The van der Waals surface area contributed by atoms with E-state index in [1.165, 1.54) is 0 Å². The highest BCUT2D eigenvalue weighted by molar-refractivity contribution is 5.24. The summed E-state index contributed by atoms with van der Waals surface area (Å²) in [5.74, 6) is -0.00231. The van der Waals surface area contributed by atoms with Gasteiger partial charge in [-0.1, -0.05) is 6.58 Å². The zero-order chi connectivity index (χ0) is 4.99. The first-order chi connectivity index (χ1) is 2.77. The van der Waals surface area contributed by atoms with Gasteiger partial charge in [0.2, 0.25) is 0 Å². The van der Waals surface area contributed by atoms with E-state index in [-0.39, 0.29) is 12.3 Å². The van der Waals surface area contributed by atoms with Crippen LogP contribution < -0.4 is 0 Å². The lowest BCUT2D eigenvalue weighted by Gasteiger charge is -1.82. The molecule has 0 atom stereocenters. The van der Waals surface area contributed by atoms with Crippen LogP contribution in [-0.4, -0.2) is 18.4 Å². The van der Waals surface area contributed by atoms with Gasteiger partial charge in [0, 0.05) is 6.72 Å². The largest absolute Gasteiger partial charge is 0.511 e. The van der Waals surface area contributed by atoms with Crippen LogP contribution in [0.5, 0.6) is 0 Å². The second kappa shape index (κ2) is 2.45. The molecule has 1 N–H and O–H groups in total. The van der Waals surface area contributed by atoms with Crippen molar-refractivity contribution in [2.45, 2.75) is 0 Å². The fourth-order valence-electron chi connectivity index (χ4n) is 0.105. The van der Waals surface area contributed by atoms with E-state index in [0.717, 1.165) is 0 Å². The van der Waals surface area contributed by atoms with Crippen molar-refractivity contribution >= 4 is 6.72 Å². The fraction of sp³-hybridized carbons (Fsp3) is 0.250. The first kappa shape index (κ1) is 5.21. The minimum absolute atomic E-state index is 0.00231. The van der Waals surface area contributed by atoms with Crippen LogP contribution in [-0.2, 0) is 0 Å². The van der Waals surface area contributed by atoms with Gasteiger partial charge in [-0.05, 0) is 0 Å². The van der Waals surface area contributed by atoms with Gasteiger partial charge in [-0.2, -0.15) is 0 Å². The van der Waals surface area contributed by atoms with E-state index in [1.54, 1.807) is 0 Å². The SMILES string of the molecule is [CH]=NCC(=C)O. The third-order valence-corrected chi connectivity index (χ3v) is 0.274. The molecule has 0 saturated carbocycles. The minimum atomic E-state index is -0.00231. The molecule has 0 rings (SSSR count). The molecular formula is C4H6NO. The number of rotatable bonds is 2. The van der Waals surface area contributed by atoms with Crippen molar-refractivity contribution < 1.29 is 5.11 Å². The van der Waals surface area contributed by atoms with E-state index in [4.69, 9.17) is 5.11 Å². The lowest BCUT2D eigenvalue weighted by Crippen LogP contribution is -1.79. The molecule has 0 saturated heterocycles. The van der Waals surface area contributed by atoms with Crippen LogP contribution in [0.25, 0.3) is 0 Å². The summed E-state index contributed by atoms with van der Waals surface area (Å²) < 4.78 is 0. The van der Waals surface area contributed by atoms with E-state index in [9.17, 15) is 0 Å². The average molecular weight is 84.1 g/mol. The first-order valence-corrected chi connectivity index (χ1v) is 1.51. The van der Waals surface area contributed by atoms with E-state index in [2.05, 4.69) is 18.3 Å². The molecule has 0 spiro atoms. The summed E-state index contributed by atoms with van der Waals surface area (Å²) in [5, 5.41) is 8.18. The second-order valence-electron chi connectivity index (χ2n) is 0.907. The Balaban J connectivity index is 3.05. The van der Waals surface area contributed by atoms with Gasteiger partial charge in [-0.25, -0.2) is 0 Å². The molecule has 0 unspecified atom stereocenters. The van der Waals surface area contributed by atoms with E-state index >= 15 is 0 Å². The summed E-state index contributed by atoms with van der Waals surface area (Å²) in [6.45, 7) is 7.90. The molecule has 0 aliphatic rings. The molecule has 6 heavy (non-hydrogen) atoms. The van der Waals surface area contributed by atoms with Crippen LogP contribution in [0, 0.1) is 0 Å². The summed E-state index contributed by atoms with van der Waals surface area (Å²) in [4.78, 5) is 3.09. The zero-order valence-corrected chi connectivity index (χ0v) is 3.39. The molecule has 0 fully saturated rings. The smallest absolute Gasteiger partial charge is 0.106 e. The number of nitrogens with zero attached hydrogens (tertiary/aromatic N) is 1. The predicted molar refractivity (Wildman–Crippen MR) is 25.1 cm³/mol. The number of hydrogen-bond acceptors (Lipinski definition) is 2.